The van der Waals surface area contributed by atoms with E-state index < -0.39 is 6.04 Å². The highest BCUT2D eigenvalue weighted by Gasteiger charge is 2.32. The van der Waals surface area contributed by atoms with Crippen LogP contribution in [0.1, 0.15) is 47.9 Å². The number of halogens is 1. The number of carbonyl (C=O) groups excluding carboxylic acids is 2. The van der Waals surface area contributed by atoms with Gasteiger partial charge in [0.25, 0.3) is 0 Å². The molecule has 6 heteroatoms. The fourth-order valence-corrected chi connectivity index (χ4v) is 5.87. The Hall–Kier alpha value is -2.57. The molecule has 0 radical (unpaired) electrons. The lowest BCUT2D eigenvalue weighted by Crippen LogP contribution is -2.52. The Labute approximate surface area is 233 Å². The summed E-state index contributed by atoms with van der Waals surface area (Å²) in [6.45, 7) is 2.47. The molecule has 1 aliphatic rings. The van der Waals surface area contributed by atoms with E-state index in [1.165, 1.54) is 11.1 Å². The van der Waals surface area contributed by atoms with E-state index in [0.717, 1.165) is 47.0 Å². The third-order valence-corrected chi connectivity index (χ3v) is 8.37. The zero-order valence-electron chi connectivity index (χ0n) is 21.4. The Balaban J connectivity index is 1.55. The normalized spacial score (nSPS) is 14.3. The van der Waals surface area contributed by atoms with Crippen LogP contribution >= 0.6 is 27.7 Å². The van der Waals surface area contributed by atoms with E-state index in [-0.39, 0.29) is 17.9 Å². The Morgan fingerprint density at radius 1 is 0.919 bits per heavy atom. The monoisotopic (exact) mass is 578 g/mol. The van der Waals surface area contributed by atoms with Crippen molar-refractivity contribution in [1.82, 2.24) is 10.2 Å². The number of amides is 2. The van der Waals surface area contributed by atoms with Crippen LogP contribution in [0.5, 0.6) is 0 Å². The fourth-order valence-electron chi connectivity index (χ4n) is 4.73. The summed E-state index contributed by atoms with van der Waals surface area (Å²) >= 11 is 5.10. The van der Waals surface area contributed by atoms with Gasteiger partial charge in [-0.2, -0.15) is 0 Å². The van der Waals surface area contributed by atoms with Gasteiger partial charge in [-0.3, -0.25) is 9.59 Å². The third-order valence-electron chi connectivity index (χ3n) is 6.85. The van der Waals surface area contributed by atoms with Crippen LogP contribution < -0.4 is 5.32 Å². The Bertz CT molecular complexity index is 1150. The number of nitrogens with one attached hydrogen (secondary N) is 1. The average Bonchev–Trinajstić information content (AvgIpc) is 3.42. The summed E-state index contributed by atoms with van der Waals surface area (Å²) in [6.07, 6.45) is 4.80. The molecular formula is C31H35BrN2O2S. The van der Waals surface area contributed by atoms with Crippen molar-refractivity contribution >= 4 is 39.5 Å². The molecule has 0 unspecified atom stereocenters. The molecule has 1 aliphatic carbocycles. The van der Waals surface area contributed by atoms with Gasteiger partial charge in [0.05, 0.1) is 5.75 Å². The average molecular weight is 580 g/mol. The number of hydrogen-bond donors (Lipinski definition) is 1. The van der Waals surface area contributed by atoms with E-state index in [1.807, 2.05) is 54.6 Å². The molecule has 1 saturated carbocycles. The minimum absolute atomic E-state index is 0.0115. The van der Waals surface area contributed by atoms with Gasteiger partial charge in [0.2, 0.25) is 11.8 Å². The first-order valence-electron chi connectivity index (χ1n) is 13.0. The molecule has 4 rings (SSSR count). The zero-order valence-corrected chi connectivity index (χ0v) is 23.8. The number of benzene rings is 3. The first kappa shape index (κ1) is 27.5. The van der Waals surface area contributed by atoms with Crippen molar-refractivity contribution in [2.24, 2.45) is 0 Å². The molecule has 194 valence electrons. The Morgan fingerprint density at radius 2 is 1.57 bits per heavy atom. The molecule has 0 aliphatic heterocycles. The SMILES string of the molecule is Cc1ccc(CSCC(=O)N(Cc2ccc(Br)cc2)[C@H](Cc2ccccc2)C(=O)NC2CCCC2)cc1. The van der Waals surface area contributed by atoms with E-state index in [2.05, 4.69) is 52.4 Å². The highest BCUT2D eigenvalue weighted by atomic mass is 79.9. The van der Waals surface area contributed by atoms with Crippen LogP contribution in [0.4, 0.5) is 0 Å². The van der Waals surface area contributed by atoms with Crippen LogP contribution in [0, 0.1) is 6.92 Å². The lowest BCUT2D eigenvalue weighted by Gasteiger charge is -2.32. The molecule has 0 saturated heterocycles. The second-order valence-corrected chi connectivity index (χ2v) is 11.7. The van der Waals surface area contributed by atoms with Crippen molar-refractivity contribution in [3.63, 3.8) is 0 Å². The molecule has 0 heterocycles. The third kappa shape index (κ3) is 8.47. The van der Waals surface area contributed by atoms with Crippen LogP contribution in [0.25, 0.3) is 0 Å². The summed E-state index contributed by atoms with van der Waals surface area (Å²) < 4.78 is 0.989. The number of carbonyl (C=O) groups is 2. The highest BCUT2D eigenvalue weighted by molar-refractivity contribution is 9.10. The summed E-state index contributed by atoms with van der Waals surface area (Å²) in [5, 5.41) is 3.27. The standard InChI is InChI=1S/C31H35BrN2O2S/c1-23-11-13-26(14-12-23)21-37-22-30(35)34(20-25-15-17-27(32)18-16-25)29(19-24-7-3-2-4-8-24)31(36)33-28-9-5-6-10-28/h2-4,7-8,11-18,28-29H,5-6,9-10,19-22H2,1H3,(H,33,36)/t29-/m1/s1. The first-order valence-corrected chi connectivity index (χ1v) is 14.9. The van der Waals surface area contributed by atoms with Crippen molar-refractivity contribution < 1.29 is 9.59 Å². The molecule has 2 amide bonds. The van der Waals surface area contributed by atoms with Crippen LogP contribution in [0.3, 0.4) is 0 Å². The second kappa shape index (κ2) is 13.8. The summed E-state index contributed by atoms with van der Waals surface area (Å²) in [5.74, 6) is 1.02. The Morgan fingerprint density at radius 3 is 2.24 bits per heavy atom. The first-order chi connectivity index (χ1) is 18.0. The lowest BCUT2D eigenvalue weighted by atomic mass is 10.0. The molecule has 0 aromatic heterocycles. The van der Waals surface area contributed by atoms with Gasteiger partial charge in [0.15, 0.2) is 0 Å². The van der Waals surface area contributed by atoms with Crippen molar-refractivity contribution in [2.45, 2.75) is 63.4 Å². The van der Waals surface area contributed by atoms with Crippen molar-refractivity contribution in [3.05, 3.63) is 106 Å². The topological polar surface area (TPSA) is 49.4 Å². The van der Waals surface area contributed by atoms with Crippen LogP contribution in [-0.4, -0.2) is 34.6 Å². The molecule has 1 atom stereocenters. The maximum absolute atomic E-state index is 13.7. The summed E-state index contributed by atoms with van der Waals surface area (Å²) in [4.78, 5) is 29.2. The van der Waals surface area contributed by atoms with E-state index in [1.54, 1.807) is 16.7 Å². The molecule has 0 spiro atoms. The molecule has 37 heavy (non-hydrogen) atoms. The largest absolute Gasteiger partial charge is 0.352 e. The van der Waals surface area contributed by atoms with Gasteiger partial charge in [0.1, 0.15) is 6.04 Å². The van der Waals surface area contributed by atoms with E-state index >= 15 is 0 Å². The molecular weight excluding hydrogens is 544 g/mol. The summed E-state index contributed by atoms with van der Waals surface area (Å²) in [6, 6.07) is 26.0. The quantitative estimate of drug-likeness (QED) is 0.276. The van der Waals surface area contributed by atoms with E-state index in [0.29, 0.717) is 18.7 Å². The number of aryl methyl sites for hydroxylation is 1. The number of thioether (sulfide) groups is 1. The van der Waals surface area contributed by atoms with Crippen molar-refractivity contribution in [2.75, 3.05) is 5.75 Å². The highest BCUT2D eigenvalue weighted by Crippen LogP contribution is 2.22. The molecule has 4 nitrogen and oxygen atoms in total. The molecule has 3 aromatic carbocycles. The minimum atomic E-state index is -0.570. The number of nitrogens with zero attached hydrogens (tertiary/aromatic N) is 1. The number of rotatable bonds is 11. The summed E-state index contributed by atoms with van der Waals surface area (Å²) in [5.41, 5.74) is 4.48. The van der Waals surface area contributed by atoms with Crippen molar-refractivity contribution in [3.8, 4) is 0 Å². The number of hydrogen-bond acceptors (Lipinski definition) is 3. The van der Waals surface area contributed by atoms with Gasteiger partial charge in [-0.05, 0) is 48.6 Å². The van der Waals surface area contributed by atoms with Crippen molar-refractivity contribution in [1.29, 1.82) is 0 Å². The van der Waals surface area contributed by atoms with Crippen LogP contribution in [0.2, 0.25) is 0 Å². The zero-order chi connectivity index (χ0) is 26.0. The van der Waals surface area contributed by atoms with Gasteiger partial charge >= 0.3 is 0 Å². The fraction of sp³-hybridized carbons (Fsp3) is 0.355. The van der Waals surface area contributed by atoms with E-state index in [9.17, 15) is 9.59 Å². The molecule has 3 aromatic rings. The minimum Gasteiger partial charge on any atom is -0.352 e. The van der Waals surface area contributed by atoms with Gasteiger partial charge in [-0.1, -0.05) is 101 Å². The van der Waals surface area contributed by atoms with Gasteiger partial charge in [-0.25, -0.2) is 0 Å². The maximum Gasteiger partial charge on any atom is 0.243 e. The van der Waals surface area contributed by atoms with Crippen LogP contribution in [0.15, 0.2) is 83.3 Å². The maximum atomic E-state index is 13.7. The molecule has 1 fully saturated rings. The predicted molar refractivity (Wildman–Crippen MR) is 156 cm³/mol. The van der Waals surface area contributed by atoms with Gasteiger partial charge < -0.3 is 10.2 Å². The lowest BCUT2D eigenvalue weighted by molar-refractivity contribution is -0.139. The Kier molecular flexibility index (Phi) is 10.3. The van der Waals surface area contributed by atoms with Gasteiger partial charge in [0, 0.05) is 29.2 Å². The summed E-state index contributed by atoms with van der Waals surface area (Å²) in [7, 11) is 0. The van der Waals surface area contributed by atoms with E-state index in [4.69, 9.17) is 0 Å². The molecule has 0 bridgehead atoms. The molecule has 1 N–H and O–H groups in total. The predicted octanol–water partition coefficient (Wildman–Crippen LogP) is 6.69. The van der Waals surface area contributed by atoms with Gasteiger partial charge in [-0.15, -0.1) is 11.8 Å². The second-order valence-electron chi connectivity index (χ2n) is 9.82. The van der Waals surface area contributed by atoms with Crippen LogP contribution in [-0.2, 0) is 28.3 Å². The smallest absolute Gasteiger partial charge is 0.243 e.